The van der Waals surface area contributed by atoms with Crippen molar-refractivity contribution in [2.75, 3.05) is 19.9 Å². The van der Waals surface area contributed by atoms with Gasteiger partial charge in [-0.3, -0.25) is 9.59 Å². The van der Waals surface area contributed by atoms with Crippen molar-refractivity contribution in [3.05, 3.63) is 63.3 Å². The Labute approximate surface area is 190 Å². The van der Waals surface area contributed by atoms with Crippen molar-refractivity contribution >= 4 is 41.1 Å². The molecule has 0 spiro atoms. The zero-order valence-electron chi connectivity index (χ0n) is 16.8. The van der Waals surface area contributed by atoms with E-state index in [2.05, 4.69) is 5.32 Å². The molecule has 2 aliphatic heterocycles. The van der Waals surface area contributed by atoms with Crippen LogP contribution in [0.4, 0.5) is 0 Å². The summed E-state index contributed by atoms with van der Waals surface area (Å²) in [5.74, 6) is 0.548. The summed E-state index contributed by atoms with van der Waals surface area (Å²) in [6.07, 6.45) is 5.73. The van der Waals surface area contributed by atoms with Crippen LogP contribution in [0.2, 0.25) is 10.0 Å². The monoisotopic (exact) mass is 460 g/mol. The maximum Gasteiger partial charge on any atom is 0.270 e. The Balaban J connectivity index is 1.64. The van der Waals surface area contributed by atoms with E-state index in [0.29, 0.717) is 35.2 Å². The van der Waals surface area contributed by atoms with Crippen LogP contribution in [-0.4, -0.2) is 36.6 Å². The number of halogens is 2. The van der Waals surface area contributed by atoms with E-state index >= 15 is 0 Å². The quantitative estimate of drug-likeness (QED) is 0.659. The summed E-state index contributed by atoms with van der Waals surface area (Å²) < 4.78 is 10.8. The third kappa shape index (κ3) is 5.14. The summed E-state index contributed by atoms with van der Waals surface area (Å²) in [6.45, 7) is 1.48. The largest absolute Gasteiger partial charge is 0.454 e. The molecule has 0 atom stereocenters. The molecule has 0 radical (unpaired) electrons. The number of benzene rings is 2. The number of amides is 2. The van der Waals surface area contributed by atoms with Crippen LogP contribution in [0.1, 0.15) is 41.6 Å². The summed E-state index contributed by atoms with van der Waals surface area (Å²) in [6, 6.07) is 9.98. The lowest BCUT2D eigenvalue weighted by molar-refractivity contribution is -0.127. The SMILES string of the molecule is O=C(N/C(=C\c1ccc2c(c1)OCO2)C(=O)N1CCCCCC1)c1ccc(Cl)cc1Cl. The summed E-state index contributed by atoms with van der Waals surface area (Å²) in [5, 5.41) is 3.40. The van der Waals surface area contributed by atoms with Gasteiger partial charge in [-0.05, 0) is 54.8 Å². The highest BCUT2D eigenvalue weighted by atomic mass is 35.5. The second-order valence-electron chi connectivity index (χ2n) is 7.46. The first-order chi connectivity index (χ1) is 15.0. The number of carbonyl (C=O) groups is 2. The fraction of sp³-hybridized carbons (Fsp3) is 0.304. The van der Waals surface area contributed by atoms with Gasteiger partial charge in [0.15, 0.2) is 11.5 Å². The molecule has 1 saturated heterocycles. The van der Waals surface area contributed by atoms with Crippen LogP contribution in [0.3, 0.4) is 0 Å². The van der Waals surface area contributed by atoms with E-state index in [-0.39, 0.29) is 29.0 Å². The first-order valence-electron chi connectivity index (χ1n) is 10.2. The molecule has 31 heavy (non-hydrogen) atoms. The standard InChI is InChI=1S/C23H22Cl2N2O4/c24-16-6-7-17(18(25)13-16)22(28)26-19(23(29)27-9-3-1-2-4-10-27)11-15-5-8-20-21(12-15)31-14-30-20/h5-8,11-13H,1-4,9-10,14H2,(H,26,28)/b19-11-. The second kappa shape index (κ2) is 9.62. The van der Waals surface area contributed by atoms with Gasteiger partial charge >= 0.3 is 0 Å². The van der Waals surface area contributed by atoms with Crippen LogP contribution in [0.15, 0.2) is 42.1 Å². The summed E-state index contributed by atoms with van der Waals surface area (Å²) in [4.78, 5) is 28.0. The van der Waals surface area contributed by atoms with Crippen molar-refractivity contribution in [3.8, 4) is 11.5 Å². The molecule has 8 heteroatoms. The minimum Gasteiger partial charge on any atom is -0.454 e. The van der Waals surface area contributed by atoms with E-state index in [1.165, 1.54) is 12.1 Å². The van der Waals surface area contributed by atoms with Crippen molar-refractivity contribution in [2.24, 2.45) is 0 Å². The Morgan fingerprint density at radius 2 is 1.68 bits per heavy atom. The molecule has 0 unspecified atom stereocenters. The number of hydrogen-bond acceptors (Lipinski definition) is 4. The Hall–Kier alpha value is -2.70. The molecule has 0 bridgehead atoms. The fourth-order valence-corrected chi connectivity index (χ4v) is 4.12. The molecule has 0 saturated carbocycles. The van der Waals surface area contributed by atoms with Gasteiger partial charge in [0.25, 0.3) is 11.8 Å². The molecule has 2 aromatic carbocycles. The Morgan fingerprint density at radius 1 is 0.935 bits per heavy atom. The van der Waals surface area contributed by atoms with E-state index in [0.717, 1.165) is 25.7 Å². The van der Waals surface area contributed by atoms with Crippen LogP contribution >= 0.6 is 23.2 Å². The van der Waals surface area contributed by atoms with Crippen molar-refractivity contribution in [3.63, 3.8) is 0 Å². The van der Waals surface area contributed by atoms with Crippen LogP contribution in [0.25, 0.3) is 6.08 Å². The van der Waals surface area contributed by atoms with Gasteiger partial charge in [0.05, 0.1) is 10.6 Å². The molecule has 2 aromatic rings. The average Bonchev–Trinajstić information content (AvgIpc) is 3.04. The minimum atomic E-state index is -0.475. The Morgan fingerprint density at radius 3 is 2.42 bits per heavy atom. The number of nitrogens with one attached hydrogen (secondary N) is 1. The lowest BCUT2D eigenvalue weighted by Crippen LogP contribution is -2.39. The van der Waals surface area contributed by atoms with E-state index in [1.807, 2.05) is 6.07 Å². The molecule has 1 N–H and O–H groups in total. The topological polar surface area (TPSA) is 67.9 Å². The lowest BCUT2D eigenvalue weighted by atomic mass is 10.1. The highest BCUT2D eigenvalue weighted by Gasteiger charge is 2.23. The van der Waals surface area contributed by atoms with E-state index in [1.54, 1.807) is 29.2 Å². The molecular weight excluding hydrogens is 439 g/mol. The Kier molecular flexibility index (Phi) is 6.68. The first-order valence-corrected chi connectivity index (χ1v) is 10.9. The van der Waals surface area contributed by atoms with E-state index < -0.39 is 5.91 Å². The molecule has 2 heterocycles. The maximum atomic E-state index is 13.3. The third-order valence-corrected chi connectivity index (χ3v) is 5.80. The smallest absolute Gasteiger partial charge is 0.270 e. The predicted octanol–water partition coefficient (Wildman–Crippen LogP) is 4.90. The number of likely N-dealkylation sites (tertiary alicyclic amines) is 1. The van der Waals surface area contributed by atoms with Crippen LogP contribution in [0.5, 0.6) is 11.5 Å². The number of nitrogens with zero attached hydrogens (tertiary/aromatic N) is 1. The molecule has 162 valence electrons. The van der Waals surface area contributed by atoms with Gasteiger partial charge in [-0.1, -0.05) is 42.1 Å². The lowest BCUT2D eigenvalue weighted by Gasteiger charge is -2.22. The normalized spacial score (nSPS) is 16.1. The molecule has 4 rings (SSSR count). The predicted molar refractivity (Wildman–Crippen MR) is 120 cm³/mol. The summed E-state index contributed by atoms with van der Waals surface area (Å²) >= 11 is 12.1. The highest BCUT2D eigenvalue weighted by Crippen LogP contribution is 2.33. The van der Waals surface area contributed by atoms with Gasteiger partial charge in [-0.25, -0.2) is 0 Å². The third-order valence-electron chi connectivity index (χ3n) is 5.26. The van der Waals surface area contributed by atoms with Gasteiger partial charge in [-0.15, -0.1) is 0 Å². The molecule has 6 nitrogen and oxygen atoms in total. The second-order valence-corrected chi connectivity index (χ2v) is 8.30. The number of hydrogen-bond donors (Lipinski definition) is 1. The summed E-state index contributed by atoms with van der Waals surface area (Å²) in [7, 11) is 0. The zero-order valence-corrected chi connectivity index (χ0v) is 18.3. The average molecular weight is 461 g/mol. The zero-order chi connectivity index (χ0) is 21.8. The molecule has 0 aliphatic carbocycles. The van der Waals surface area contributed by atoms with E-state index in [4.69, 9.17) is 32.7 Å². The molecule has 2 aliphatic rings. The van der Waals surface area contributed by atoms with Crippen molar-refractivity contribution in [2.45, 2.75) is 25.7 Å². The number of fused-ring (bicyclic) bond motifs is 1. The number of ether oxygens (including phenoxy) is 2. The highest BCUT2D eigenvalue weighted by molar-refractivity contribution is 6.36. The van der Waals surface area contributed by atoms with Gasteiger partial charge in [0.1, 0.15) is 5.70 Å². The van der Waals surface area contributed by atoms with Crippen LogP contribution < -0.4 is 14.8 Å². The van der Waals surface area contributed by atoms with Crippen molar-refractivity contribution in [1.29, 1.82) is 0 Å². The molecule has 2 amide bonds. The van der Waals surface area contributed by atoms with Crippen LogP contribution in [-0.2, 0) is 4.79 Å². The van der Waals surface area contributed by atoms with Gasteiger partial charge in [0, 0.05) is 18.1 Å². The van der Waals surface area contributed by atoms with Crippen molar-refractivity contribution in [1.82, 2.24) is 10.2 Å². The molecule has 0 aromatic heterocycles. The Bertz CT molecular complexity index is 1030. The summed E-state index contributed by atoms with van der Waals surface area (Å²) in [5.41, 5.74) is 1.13. The molecular formula is C23H22Cl2N2O4. The fourth-order valence-electron chi connectivity index (χ4n) is 3.63. The van der Waals surface area contributed by atoms with Gasteiger partial charge in [0.2, 0.25) is 6.79 Å². The molecule has 1 fully saturated rings. The minimum absolute atomic E-state index is 0.161. The van der Waals surface area contributed by atoms with Gasteiger partial charge in [-0.2, -0.15) is 0 Å². The number of carbonyl (C=O) groups excluding carboxylic acids is 2. The van der Waals surface area contributed by atoms with Crippen LogP contribution in [0, 0.1) is 0 Å². The van der Waals surface area contributed by atoms with Crippen molar-refractivity contribution < 1.29 is 19.1 Å². The number of rotatable bonds is 4. The first kappa shape index (κ1) is 21.5. The maximum absolute atomic E-state index is 13.3. The van der Waals surface area contributed by atoms with Gasteiger partial charge < -0.3 is 19.7 Å². The van der Waals surface area contributed by atoms with E-state index in [9.17, 15) is 9.59 Å².